The third-order valence-electron chi connectivity index (χ3n) is 2.55. The van der Waals surface area contributed by atoms with Crippen LogP contribution in [0, 0.1) is 11.6 Å². The molecule has 0 radical (unpaired) electrons. The van der Waals surface area contributed by atoms with Gasteiger partial charge < -0.3 is 5.32 Å². The Bertz CT molecular complexity index is 653. The van der Waals surface area contributed by atoms with E-state index in [1.165, 1.54) is 0 Å². The highest BCUT2D eigenvalue weighted by Gasteiger charge is 2.13. The van der Waals surface area contributed by atoms with Crippen molar-refractivity contribution in [3.8, 4) is 0 Å². The minimum Gasteiger partial charge on any atom is -0.368 e. The Hall–Kier alpha value is -1.04. The van der Waals surface area contributed by atoms with Crippen LogP contribution in [-0.2, 0) is 0 Å². The number of nitrogens with zero attached hydrogens (tertiary/aromatic N) is 1. The highest BCUT2D eigenvalue weighted by Crippen LogP contribution is 2.33. The molecule has 1 aromatic carbocycles. The minimum atomic E-state index is -0.717. The number of anilines is 1. The maximum atomic E-state index is 13.8. The van der Waals surface area contributed by atoms with Crippen molar-refractivity contribution < 1.29 is 8.78 Å². The molecule has 1 N–H and O–H groups in total. The van der Waals surface area contributed by atoms with Gasteiger partial charge >= 0.3 is 0 Å². The zero-order valence-corrected chi connectivity index (χ0v) is 13.4. The van der Waals surface area contributed by atoms with Gasteiger partial charge in [0.2, 0.25) is 0 Å². The van der Waals surface area contributed by atoms with Gasteiger partial charge in [-0.2, -0.15) is 0 Å². The molecule has 1 aromatic heterocycles. The topological polar surface area (TPSA) is 24.9 Å². The molecule has 0 spiro atoms. The van der Waals surface area contributed by atoms with E-state index in [4.69, 9.17) is 23.2 Å². The molecule has 1 heterocycles. The molecule has 2 rings (SSSR count). The summed E-state index contributed by atoms with van der Waals surface area (Å²) in [5, 5.41) is 3.69. The van der Waals surface area contributed by atoms with Crippen molar-refractivity contribution >= 4 is 40.8 Å². The van der Waals surface area contributed by atoms with Crippen LogP contribution in [0.2, 0.25) is 10.0 Å². The molecule has 112 valence electrons. The standard InChI is InChI=1S/C14H12Cl2F2N2S/c1-2-5-19-13-11(17)7-12(18)14(20-13)21-8-3-4-9(15)10(16)6-8/h3-4,6-7H,2,5H2,1H3,(H,19,20). The SMILES string of the molecule is CCCNc1nc(Sc2ccc(Cl)c(Cl)c2)c(F)cc1F. The zero-order valence-electron chi connectivity index (χ0n) is 11.1. The van der Waals surface area contributed by atoms with E-state index in [1.54, 1.807) is 18.2 Å². The van der Waals surface area contributed by atoms with Gasteiger partial charge in [0, 0.05) is 17.5 Å². The number of hydrogen-bond acceptors (Lipinski definition) is 3. The first-order chi connectivity index (χ1) is 10.0. The number of hydrogen-bond donors (Lipinski definition) is 1. The first-order valence-corrected chi connectivity index (χ1v) is 7.81. The van der Waals surface area contributed by atoms with E-state index < -0.39 is 11.6 Å². The zero-order chi connectivity index (χ0) is 15.4. The van der Waals surface area contributed by atoms with Gasteiger partial charge in [-0.3, -0.25) is 0 Å². The Morgan fingerprint density at radius 2 is 1.90 bits per heavy atom. The molecule has 2 aromatic rings. The van der Waals surface area contributed by atoms with Crippen LogP contribution in [0.1, 0.15) is 13.3 Å². The molecule has 0 aliphatic carbocycles. The lowest BCUT2D eigenvalue weighted by molar-refractivity contribution is 0.551. The predicted molar refractivity (Wildman–Crippen MR) is 83.5 cm³/mol. The molecule has 0 bridgehead atoms. The Morgan fingerprint density at radius 1 is 1.14 bits per heavy atom. The van der Waals surface area contributed by atoms with Gasteiger partial charge in [0.15, 0.2) is 17.5 Å². The van der Waals surface area contributed by atoms with E-state index in [-0.39, 0.29) is 10.8 Å². The second-order valence-electron chi connectivity index (χ2n) is 4.21. The lowest BCUT2D eigenvalue weighted by atomic mass is 10.4. The third kappa shape index (κ3) is 4.22. The van der Waals surface area contributed by atoms with Crippen molar-refractivity contribution in [2.45, 2.75) is 23.3 Å². The normalized spacial score (nSPS) is 10.7. The summed E-state index contributed by atoms with van der Waals surface area (Å²) in [6, 6.07) is 5.75. The van der Waals surface area contributed by atoms with Crippen molar-refractivity contribution in [3.05, 3.63) is 45.9 Å². The van der Waals surface area contributed by atoms with E-state index in [0.717, 1.165) is 24.2 Å². The minimum absolute atomic E-state index is 0.0424. The summed E-state index contributed by atoms with van der Waals surface area (Å²) in [6.45, 7) is 2.51. The first-order valence-electron chi connectivity index (χ1n) is 6.24. The maximum absolute atomic E-state index is 13.8. The highest BCUT2D eigenvalue weighted by molar-refractivity contribution is 7.99. The van der Waals surface area contributed by atoms with Gasteiger partial charge in [0.1, 0.15) is 5.03 Å². The highest BCUT2D eigenvalue weighted by atomic mass is 35.5. The van der Waals surface area contributed by atoms with Crippen molar-refractivity contribution in [1.82, 2.24) is 4.98 Å². The Balaban J connectivity index is 2.28. The van der Waals surface area contributed by atoms with E-state index in [1.807, 2.05) is 6.92 Å². The van der Waals surface area contributed by atoms with Gasteiger partial charge in [-0.15, -0.1) is 0 Å². The van der Waals surface area contributed by atoms with Crippen LogP contribution >= 0.6 is 35.0 Å². The van der Waals surface area contributed by atoms with Crippen LogP contribution in [0.5, 0.6) is 0 Å². The fourth-order valence-electron chi connectivity index (χ4n) is 1.54. The predicted octanol–water partition coefficient (Wildman–Crippen LogP) is 5.64. The second kappa shape index (κ2) is 7.29. The molecule has 2 nitrogen and oxygen atoms in total. The van der Waals surface area contributed by atoms with Crippen LogP contribution in [0.3, 0.4) is 0 Å². The van der Waals surface area contributed by atoms with Crippen LogP contribution in [0.25, 0.3) is 0 Å². The first kappa shape index (κ1) is 16.3. The van der Waals surface area contributed by atoms with Crippen molar-refractivity contribution in [3.63, 3.8) is 0 Å². The number of aromatic nitrogens is 1. The molecule has 0 aliphatic rings. The quantitative estimate of drug-likeness (QED) is 0.756. The van der Waals surface area contributed by atoms with E-state index in [0.29, 0.717) is 21.5 Å². The number of rotatable bonds is 5. The molecule has 0 unspecified atom stereocenters. The number of halogens is 4. The van der Waals surface area contributed by atoms with E-state index in [2.05, 4.69) is 10.3 Å². The average molecular weight is 349 g/mol. The van der Waals surface area contributed by atoms with Crippen LogP contribution < -0.4 is 5.32 Å². The lowest BCUT2D eigenvalue weighted by Gasteiger charge is -2.09. The number of benzene rings is 1. The Kier molecular flexibility index (Phi) is 5.67. The van der Waals surface area contributed by atoms with Crippen molar-refractivity contribution in [2.75, 3.05) is 11.9 Å². The molecular weight excluding hydrogens is 337 g/mol. The largest absolute Gasteiger partial charge is 0.368 e. The molecule has 7 heteroatoms. The van der Waals surface area contributed by atoms with Gasteiger partial charge in [-0.25, -0.2) is 13.8 Å². The monoisotopic (exact) mass is 348 g/mol. The van der Waals surface area contributed by atoms with Gasteiger partial charge in [-0.05, 0) is 24.6 Å². The Morgan fingerprint density at radius 3 is 2.57 bits per heavy atom. The third-order valence-corrected chi connectivity index (χ3v) is 4.25. The van der Waals surface area contributed by atoms with E-state index in [9.17, 15) is 8.78 Å². The van der Waals surface area contributed by atoms with Gasteiger partial charge in [0.05, 0.1) is 10.0 Å². The summed E-state index contributed by atoms with van der Waals surface area (Å²) in [5.41, 5.74) is 0. The average Bonchev–Trinajstić information content (AvgIpc) is 2.44. The van der Waals surface area contributed by atoms with Crippen molar-refractivity contribution in [2.24, 2.45) is 0 Å². The molecule has 0 aliphatic heterocycles. The molecular formula is C14H12Cl2F2N2S. The van der Waals surface area contributed by atoms with Gasteiger partial charge in [0.25, 0.3) is 0 Å². The summed E-state index contributed by atoms with van der Waals surface area (Å²) in [6.07, 6.45) is 0.813. The summed E-state index contributed by atoms with van der Waals surface area (Å²) < 4.78 is 27.4. The van der Waals surface area contributed by atoms with E-state index >= 15 is 0 Å². The summed E-state index contributed by atoms with van der Waals surface area (Å²) in [7, 11) is 0. The van der Waals surface area contributed by atoms with Crippen LogP contribution in [-0.4, -0.2) is 11.5 Å². The number of nitrogens with one attached hydrogen (secondary N) is 1. The summed E-state index contributed by atoms with van der Waals surface area (Å²) in [4.78, 5) is 4.65. The second-order valence-corrected chi connectivity index (χ2v) is 6.09. The molecule has 0 amide bonds. The fourth-order valence-corrected chi connectivity index (χ4v) is 2.73. The smallest absolute Gasteiger partial charge is 0.168 e. The molecule has 0 fully saturated rings. The Labute approximate surface area is 135 Å². The summed E-state index contributed by atoms with van der Waals surface area (Å²) in [5.74, 6) is -1.38. The molecule has 0 saturated carbocycles. The van der Waals surface area contributed by atoms with Crippen LogP contribution in [0.4, 0.5) is 14.6 Å². The molecule has 0 saturated heterocycles. The van der Waals surface area contributed by atoms with Crippen LogP contribution in [0.15, 0.2) is 34.2 Å². The van der Waals surface area contributed by atoms with Gasteiger partial charge in [-0.1, -0.05) is 41.9 Å². The molecule has 0 atom stereocenters. The fraction of sp³-hybridized carbons (Fsp3) is 0.214. The number of pyridine rings is 1. The summed E-state index contributed by atoms with van der Waals surface area (Å²) >= 11 is 12.8. The van der Waals surface area contributed by atoms with Crippen molar-refractivity contribution in [1.29, 1.82) is 0 Å². The maximum Gasteiger partial charge on any atom is 0.168 e. The molecule has 21 heavy (non-hydrogen) atoms. The lowest BCUT2D eigenvalue weighted by Crippen LogP contribution is -2.06.